The van der Waals surface area contributed by atoms with E-state index in [9.17, 15) is 4.79 Å². The summed E-state index contributed by atoms with van der Waals surface area (Å²) in [4.78, 5) is 14.2. The number of para-hydroxylation sites is 1. The Hall–Kier alpha value is -1.51. The normalized spacial score (nSPS) is 26.4. The maximum atomic E-state index is 12.2. The highest BCUT2D eigenvalue weighted by Crippen LogP contribution is 2.45. The van der Waals surface area contributed by atoms with Gasteiger partial charge in [0, 0.05) is 13.1 Å². The fraction of sp³-hybridized carbons (Fsp3) is 0.462. The molecule has 0 N–H and O–H groups in total. The van der Waals surface area contributed by atoms with Crippen LogP contribution in [0.2, 0.25) is 0 Å². The molecule has 1 heterocycles. The van der Waals surface area contributed by atoms with Gasteiger partial charge in [-0.05, 0) is 30.4 Å². The molecule has 2 aliphatic rings. The van der Waals surface area contributed by atoms with Crippen molar-refractivity contribution in [2.24, 2.45) is 11.8 Å². The summed E-state index contributed by atoms with van der Waals surface area (Å²) in [6.45, 7) is 1.86. The van der Waals surface area contributed by atoms with E-state index >= 15 is 0 Å². The molecule has 3 heteroatoms. The van der Waals surface area contributed by atoms with E-state index in [1.54, 1.807) is 7.11 Å². The number of methoxy groups -OCH3 is 1. The first-order valence-electron chi connectivity index (χ1n) is 5.72. The lowest BCUT2D eigenvalue weighted by atomic mass is 10.1. The third-order valence-corrected chi connectivity index (χ3v) is 3.60. The Kier molecular flexibility index (Phi) is 2.13. The maximum Gasteiger partial charge on any atom is 0.257 e. The second-order valence-corrected chi connectivity index (χ2v) is 4.67. The quantitative estimate of drug-likeness (QED) is 0.755. The van der Waals surface area contributed by atoms with Crippen LogP contribution >= 0.6 is 0 Å². The zero-order valence-corrected chi connectivity index (χ0v) is 9.35. The predicted octanol–water partition coefficient (Wildman–Crippen LogP) is 1.79. The van der Waals surface area contributed by atoms with Crippen molar-refractivity contribution in [3.8, 4) is 5.75 Å². The zero-order valence-electron chi connectivity index (χ0n) is 9.35. The van der Waals surface area contributed by atoms with Gasteiger partial charge in [0.05, 0.1) is 12.7 Å². The Labute approximate surface area is 95.0 Å². The lowest BCUT2D eigenvalue weighted by Gasteiger charge is -2.19. The summed E-state index contributed by atoms with van der Waals surface area (Å²) in [5.41, 5.74) is 0.686. The first-order valence-corrected chi connectivity index (χ1v) is 5.72. The summed E-state index contributed by atoms with van der Waals surface area (Å²) in [7, 11) is 1.60. The molecule has 1 aromatic rings. The SMILES string of the molecule is COc1ccccc1C(=O)N1CC2CC2C1. The average molecular weight is 217 g/mol. The Balaban J connectivity index is 1.83. The molecule has 1 aromatic carbocycles. The summed E-state index contributed by atoms with van der Waals surface area (Å²) >= 11 is 0. The molecule has 3 rings (SSSR count). The van der Waals surface area contributed by atoms with Gasteiger partial charge in [0.2, 0.25) is 0 Å². The van der Waals surface area contributed by atoms with Crippen LogP contribution in [-0.4, -0.2) is 31.0 Å². The van der Waals surface area contributed by atoms with Crippen LogP contribution < -0.4 is 4.74 Å². The van der Waals surface area contributed by atoms with Crippen LogP contribution in [0.5, 0.6) is 5.75 Å². The minimum atomic E-state index is 0.115. The minimum absolute atomic E-state index is 0.115. The van der Waals surface area contributed by atoms with Gasteiger partial charge in [-0.25, -0.2) is 0 Å². The van der Waals surface area contributed by atoms with E-state index < -0.39 is 0 Å². The van der Waals surface area contributed by atoms with Gasteiger partial charge in [-0.1, -0.05) is 12.1 Å². The van der Waals surface area contributed by atoms with E-state index in [0.717, 1.165) is 24.9 Å². The number of likely N-dealkylation sites (tertiary alicyclic amines) is 1. The van der Waals surface area contributed by atoms with Gasteiger partial charge in [0.1, 0.15) is 5.75 Å². The largest absolute Gasteiger partial charge is 0.496 e. The molecular formula is C13H15NO2. The molecule has 3 nitrogen and oxygen atoms in total. The highest BCUT2D eigenvalue weighted by atomic mass is 16.5. The van der Waals surface area contributed by atoms with Gasteiger partial charge in [-0.3, -0.25) is 4.79 Å². The number of ether oxygens (including phenoxy) is 1. The zero-order chi connectivity index (χ0) is 11.1. The number of benzene rings is 1. The number of hydrogen-bond donors (Lipinski definition) is 0. The molecule has 0 spiro atoms. The standard InChI is InChI=1S/C13H15NO2/c1-16-12-5-3-2-4-11(12)13(15)14-7-9-6-10(9)8-14/h2-5,9-10H,6-8H2,1H3. The van der Waals surface area contributed by atoms with Crippen molar-refractivity contribution < 1.29 is 9.53 Å². The van der Waals surface area contributed by atoms with Gasteiger partial charge < -0.3 is 9.64 Å². The van der Waals surface area contributed by atoms with Crippen LogP contribution in [0.15, 0.2) is 24.3 Å². The Morgan fingerprint density at radius 1 is 1.31 bits per heavy atom. The van der Waals surface area contributed by atoms with E-state index in [1.807, 2.05) is 29.2 Å². The summed E-state index contributed by atoms with van der Waals surface area (Å²) in [6.07, 6.45) is 1.32. The van der Waals surface area contributed by atoms with Crippen LogP contribution in [-0.2, 0) is 0 Å². The third kappa shape index (κ3) is 1.47. The van der Waals surface area contributed by atoms with Crippen LogP contribution in [0.1, 0.15) is 16.8 Å². The Bertz CT molecular complexity index is 420. The number of piperidine rings is 1. The monoisotopic (exact) mass is 217 g/mol. The summed E-state index contributed by atoms with van der Waals surface area (Å²) in [5, 5.41) is 0. The predicted molar refractivity (Wildman–Crippen MR) is 60.5 cm³/mol. The smallest absolute Gasteiger partial charge is 0.257 e. The number of amides is 1. The van der Waals surface area contributed by atoms with Crippen LogP contribution in [0.4, 0.5) is 0 Å². The first kappa shape index (κ1) is 9.70. The van der Waals surface area contributed by atoms with Crippen molar-refractivity contribution in [1.82, 2.24) is 4.90 Å². The molecule has 1 saturated carbocycles. The molecule has 1 aliphatic carbocycles. The Morgan fingerprint density at radius 3 is 2.69 bits per heavy atom. The van der Waals surface area contributed by atoms with E-state index in [0.29, 0.717) is 11.3 Å². The van der Waals surface area contributed by atoms with Crippen LogP contribution in [0, 0.1) is 11.8 Å². The van der Waals surface area contributed by atoms with Crippen LogP contribution in [0.25, 0.3) is 0 Å². The number of rotatable bonds is 2. The third-order valence-electron chi connectivity index (χ3n) is 3.60. The molecule has 1 aliphatic heterocycles. The van der Waals surface area contributed by atoms with Crippen molar-refractivity contribution >= 4 is 5.91 Å². The molecule has 2 unspecified atom stereocenters. The topological polar surface area (TPSA) is 29.5 Å². The summed E-state index contributed by atoms with van der Waals surface area (Å²) in [6, 6.07) is 7.44. The summed E-state index contributed by atoms with van der Waals surface area (Å²) < 4.78 is 5.22. The van der Waals surface area contributed by atoms with Gasteiger partial charge in [0.15, 0.2) is 0 Å². The number of carbonyl (C=O) groups is 1. The van der Waals surface area contributed by atoms with Gasteiger partial charge in [-0.15, -0.1) is 0 Å². The number of fused-ring (bicyclic) bond motifs is 1. The molecule has 2 fully saturated rings. The Morgan fingerprint density at radius 2 is 2.00 bits per heavy atom. The van der Waals surface area contributed by atoms with Crippen molar-refractivity contribution in [2.45, 2.75) is 6.42 Å². The van der Waals surface area contributed by atoms with Crippen molar-refractivity contribution in [1.29, 1.82) is 0 Å². The fourth-order valence-corrected chi connectivity index (χ4v) is 2.56. The highest BCUT2D eigenvalue weighted by molar-refractivity contribution is 5.97. The van der Waals surface area contributed by atoms with Crippen molar-refractivity contribution in [3.05, 3.63) is 29.8 Å². The molecule has 0 bridgehead atoms. The van der Waals surface area contributed by atoms with Gasteiger partial charge >= 0.3 is 0 Å². The molecule has 0 aromatic heterocycles. The van der Waals surface area contributed by atoms with E-state index in [2.05, 4.69) is 0 Å². The van der Waals surface area contributed by atoms with E-state index in [-0.39, 0.29) is 5.91 Å². The van der Waals surface area contributed by atoms with E-state index in [4.69, 9.17) is 4.74 Å². The average Bonchev–Trinajstić information content (AvgIpc) is 2.95. The minimum Gasteiger partial charge on any atom is -0.496 e. The molecule has 2 atom stereocenters. The van der Waals surface area contributed by atoms with Crippen molar-refractivity contribution in [3.63, 3.8) is 0 Å². The molecule has 16 heavy (non-hydrogen) atoms. The molecule has 1 saturated heterocycles. The molecule has 84 valence electrons. The van der Waals surface area contributed by atoms with Crippen LogP contribution in [0.3, 0.4) is 0 Å². The lowest BCUT2D eigenvalue weighted by Crippen LogP contribution is -2.30. The maximum absolute atomic E-state index is 12.2. The highest BCUT2D eigenvalue weighted by Gasteiger charge is 2.46. The summed E-state index contributed by atoms with van der Waals surface area (Å²) in [5.74, 6) is 2.34. The number of carbonyl (C=O) groups excluding carboxylic acids is 1. The van der Waals surface area contributed by atoms with Crippen molar-refractivity contribution in [2.75, 3.05) is 20.2 Å². The molecule has 1 amide bonds. The second kappa shape index (κ2) is 3.51. The molecular weight excluding hydrogens is 202 g/mol. The van der Waals surface area contributed by atoms with Gasteiger partial charge in [0.25, 0.3) is 5.91 Å². The van der Waals surface area contributed by atoms with E-state index in [1.165, 1.54) is 6.42 Å². The number of nitrogens with zero attached hydrogens (tertiary/aromatic N) is 1. The second-order valence-electron chi connectivity index (χ2n) is 4.67. The van der Waals surface area contributed by atoms with Gasteiger partial charge in [-0.2, -0.15) is 0 Å². The molecule has 0 radical (unpaired) electrons. The lowest BCUT2D eigenvalue weighted by molar-refractivity contribution is 0.0772. The first-order chi connectivity index (χ1) is 7.79. The number of hydrogen-bond acceptors (Lipinski definition) is 2. The fourth-order valence-electron chi connectivity index (χ4n) is 2.56.